The summed E-state index contributed by atoms with van der Waals surface area (Å²) in [4.78, 5) is 11.8. The van der Waals surface area contributed by atoms with Crippen molar-refractivity contribution in [3.63, 3.8) is 0 Å². The Morgan fingerprint density at radius 1 is 1.29 bits per heavy atom. The maximum Gasteiger partial charge on any atom is 0.313 e. The first kappa shape index (κ1) is 11.5. The number of nitrogens with two attached hydrogens (primary N) is 1. The Bertz CT molecular complexity index is 184. The summed E-state index contributed by atoms with van der Waals surface area (Å²) in [7, 11) is 0. The van der Waals surface area contributed by atoms with Crippen molar-refractivity contribution in [2.24, 2.45) is 11.1 Å². The van der Waals surface area contributed by atoms with Gasteiger partial charge in [-0.3, -0.25) is 4.79 Å². The van der Waals surface area contributed by atoms with Gasteiger partial charge in [-0.15, -0.1) is 0 Å². The molecule has 1 saturated carbocycles. The van der Waals surface area contributed by atoms with E-state index in [1.165, 1.54) is 12.8 Å². The molecule has 0 radical (unpaired) electrons. The minimum Gasteiger partial charge on any atom is -0.466 e. The van der Waals surface area contributed by atoms with E-state index in [-0.39, 0.29) is 11.4 Å². The van der Waals surface area contributed by atoms with Crippen LogP contribution in [0.15, 0.2) is 0 Å². The molecule has 0 saturated heterocycles. The minimum atomic E-state index is -0.369. The lowest BCUT2D eigenvalue weighted by atomic mass is 9.80. The lowest BCUT2D eigenvalue weighted by molar-refractivity contribution is -0.155. The quantitative estimate of drug-likeness (QED) is 0.557. The summed E-state index contributed by atoms with van der Waals surface area (Å²) < 4.78 is 5.11. The average molecular weight is 199 g/mol. The van der Waals surface area contributed by atoms with Crippen LogP contribution in [0, 0.1) is 5.41 Å². The topological polar surface area (TPSA) is 52.3 Å². The van der Waals surface area contributed by atoms with E-state index in [0.29, 0.717) is 13.2 Å². The second-order valence-electron chi connectivity index (χ2n) is 4.12. The summed E-state index contributed by atoms with van der Waals surface area (Å²) in [5.41, 5.74) is 5.37. The molecule has 0 aromatic carbocycles. The van der Waals surface area contributed by atoms with Crippen molar-refractivity contribution in [2.45, 2.75) is 45.4 Å². The third-order valence-corrected chi connectivity index (χ3v) is 3.16. The fraction of sp³-hybridized carbons (Fsp3) is 0.909. The highest BCUT2D eigenvalue weighted by molar-refractivity contribution is 5.77. The van der Waals surface area contributed by atoms with Crippen LogP contribution in [0.3, 0.4) is 0 Å². The van der Waals surface area contributed by atoms with E-state index >= 15 is 0 Å². The third kappa shape index (κ3) is 2.47. The first-order valence-corrected chi connectivity index (χ1v) is 5.62. The monoisotopic (exact) mass is 199 g/mol. The van der Waals surface area contributed by atoms with Crippen molar-refractivity contribution in [1.29, 1.82) is 0 Å². The predicted molar refractivity (Wildman–Crippen MR) is 55.8 cm³/mol. The van der Waals surface area contributed by atoms with Gasteiger partial charge < -0.3 is 10.5 Å². The molecule has 14 heavy (non-hydrogen) atoms. The van der Waals surface area contributed by atoms with Gasteiger partial charge in [0.15, 0.2) is 0 Å². The molecule has 3 nitrogen and oxygen atoms in total. The molecule has 1 aliphatic carbocycles. The van der Waals surface area contributed by atoms with Crippen LogP contribution in [-0.2, 0) is 9.53 Å². The SMILES string of the molecule is CCOC(=O)C1(CN)CCCCCC1. The van der Waals surface area contributed by atoms with Crippen LogP contribution in [0.2, 0.25) is 0 Å². The van der Waals surface area contributed by atoms with E-state index in [4.69, 9.17) is 10.5 Å². The summed E-state index contributed by atoms with van der Waals surface area (Å²) in [6.45, 7) is 2.74. The predicted octanol–water partition coefficient (Wildman–Crippen LogP) is 1.85. The van der Waals surface area contributed by atoms with Gasteiger partial charge >= 0.3 is 5.97 Å². The van der Waals surface area contributed by atoms with Gasteiger partial charge in [-0.05, 0) is 19.8 Å². The normalized spacial score (nSPS) is 21.3. The van der Waals surface area contributed by atoms with E-state index in [1.807, 2.05) is 6.92 Å². The number of rotatable bonds is 3. The van der Waals surface area contributed by atoms with Crippen molar-refractivity contribution in [2.75, 3.05) is 13.2 Å². The van der Waals surface area contributed by atoms with Gasteiger partial charge in [-0.1, -0.05) is 25.7 Å². The van der Waals surface area contributed by atoms with Crippen molar-refractivity contribution < 1.29 is 9.53 Å². The minimum absolute atomic E-state index is 0.0793. The molecule has 0 unspecified atom stereocenters. The molecule has 0 aromatic rings. The second kappa shape index (κ2) is 5.35. The zero-order chi connectivity index (χ0) is 10.4. The van der Waals surface area contributed by atoms with E-state index in [9.17, 15) is 4.79 Å². The molecule has 0 atom stereocenters. The van der Waals surface area contributed by atoms with Crippen LogP contribution in [0.5, 0.6) is 0 Å². The molecule has 1 fully saturated rings. The van der Waals surface area contributed by atoms with E-state index < -0.39 is 0 Å². The first-order valence-electron chi connectivity index (χ1n) is 5.62. The molecule has 0 heterocycles. The van der Waals surface area contributed by atoms with Gasteiger partial charge in [-0.2, -0.15) is 0 Å². The molecule has 1 aliphatic rings. The largest absolute Gasteiger partial charge is 0.466 e. The van der Waals surface area contributed by atoms with E-state index in [1.54, 1.807) is 0 Å². The average Bonchev–Trinajstić information content (AvgIpc) is 2.44. The number of carbonyl (C=O) groups excluding carboxylic acids is 1. The maximum atomic E-state index is 11.8. The number of carbonyl (C=O) groups is 1. The summed E-state index contributed by atoms with van der Waals surface area (Å²) in [6.07, 6.45) is 6.47. The fourth-order valence-corrected chi connectivity index (χ4v) is 2.18. The summed E-state index contributed by atoms with van der Waals surface area (Å²) in [5, 5.41) is 0. The molecule has 1 rings (SSSR count). The first-order chi connectivity index (χ1) is 6.75. The maximum absolute atomic E-state index is 11.8. The van der Waals surface area contributed by atoms with Gasteiger partial charge in [-0.25, -0.2) is 0 Å². The molecule has 0 bridgehead atoms. The van der Waals surface area contributed by atoms with Gasteiger partial charge in [0, 0.05) is 6.54 Å². The van der Waals surface area contributed by atoms with Crippen molar-refractivity contribution in [3.8, 4) is 0 Å². The van der Waals surface area contributed by atoms with Crippen LogP contribution in [0.25, 0.3) is 0 Å². The second-order valence-corrected chi connectivity index (χ2v) is 4.12. The zero-order valence-corrected chi connectivity index (χ0v) is 9.05. The summed E-state index contributed by atoms with van der Waals surface area (Å²) in [6, 6.07) is 0. The van der Waals surface area contributed by atoms with E-state index in [2.05, 4.69) is 0 Å². The van der Waals surface area contributed by atoms with Gasteiger partial charge in [0.05, 0.1) is 12.0 Å². The Kier molecular flexibility index (Phi) is 4.39. The number of esters is 1. The fourth-order valence-electron chi connectivity index (χ4n) is 2.18. The van der Waals surface area contributed by atoms with Crippen LogP contribution in [0.1, 0.15) is 45.4 Å². The highest BCUT2D eigenvalue weighted by atomic mass is 16.5. The van der Waals surface area contributed by atoms with Crippen LogP contribution < -0.4 is 5.73 Å². The molecule has 0 aromatic heterocycles. The lowest BCUT2D eigenvalue weighted by Gasteiger charge is -2.28. The van der Waals surface area contributed by atoms with Gasteiger partial charge in [0.2, 0.25) is 0 Å². The molecule has 82 valence electrons. The van der Waals surface area contributed by atoms with Gasteiger partial charge in [0.1, 0.15) is 0 Å². The Morgan fingerprint density at radius 3 is 2.29 bits per heavy atom. The van der Waals surface area contributed by atoms with Crippen LogP contribution in [0.4, 0.5) is 0 Å². The van der Waals surface area contributed by atoms with Crippen LogP contribution in [-0.4, -0.2) is 19.1 Å². The molecular formula is C11H21NO2. The Labute approximate surface area is 86.0 Å². The summed E-state index contributed by atoms with van der Waals surface area (Å²) >= 11 is 0. The van der Waals surface area contributed by atoms with Crippen molar-refractivity contribution in [1.82, 2.24) is 0 Å². The molecule has 2 N–H and O–H groups in total. The Hall–Kier alpha value is -0.570. The third-order valence-electron chi connectivity index (χ3n) is 3.16. The van der Waals surface area contributed by atoms with E-state index in [0.717, 1.165) is 25.7 Å². The van der Waals surface area contributed by atoms with Crippen LogP contribution >= 0.6 is 0 Å². The highest BCUT2D eigenvalue weighted by Gasteiger charge is 2.38. The molecular weight excluding hydrogens is 178 g/mol. The van der Waals surface area contributed by atoms with Crippen molar-refractivity contribution >= 4 is 5.97 Å². The molecule has 0 amide bonds. The highest BCUT2D eigenvalue weighted by Crippen LogP contribution is 2.35. The van der Waals surface area contributed by atoms with Gasteiger partial charge in [0.25, 0.3) is 0 Å². The molecule has 0 spiro atoms. The number of hydrogen-bond acceptors (Lipinski definition) is 3. The smallest absolute Gasteiger partial charge is 0.313 e. The summed E-state index contributed by atoms with van der Waals surface area (Å²) in [5.74, 6) is -0.0793. The Morgan fingerprint density at radius 2 is 1.86 bits per heavy atom. The number of hydrogen-bond donors (Lipinski definition) is 1. The Balaban J connectivity index is 2.66. The van der Waals surface area contributed by atoms with Crippen molar-refractivity contribution in [3.05, 3.63) is 0 Å². The zero-order valence-electron chi connectivity index (χ0n) is 9.05. The molecule has 3 heteroatoms. The molecule has 0 aliphatic heterocycles. The lowest BCUT2D eigenvalue weighted by Crippen LogP contribution is -2.39. The number of ether oxygens (including phenoxy) is 1. The standard InChI is InChI=1S/C11H21NO2/c1-2-14-10(13)11(9-12)7-5-3-4-6-8-11/h2-9,12H2,1H3.